The minimum Gasteiger partial charge on any atom is -0.341 e. The predicted molar refractivity (Wildman–Crippen MR) is 482 cm³/mol. The zero-order valence-electron chi connectivity index (χ0n) is 72.2. The molecule has 135 heavy (non-hydrogen) atoms. The average molecular weight is 1900 g/mol. The molecular formula is C98H81BrF9N21O6. The molecule has 2 fully saturated rings. The van der Waals surface area contributed by atoms with Crippen LogP contribution in [0.15, 0.2) is 252 Å². The van der Waals surface area contributed by atoms with E-state index in [0.717, 1.165) is 45.4 Å². The van der Waals surface area contributed by atoms with Crippen LogP contribution in [0.25, 0.3) is 91.1 Å². The maximum absolute atomic E-state index is 13.5. The lowest BCUT2D eigenvalue weighted by molar-refractivity contribution is -0.137. The van der Waals surface area contributed by atoms with Crippen LogP contribution in [0.4, 0.5) is 45.2 Å². The summed E-state index contributed by atoms with van der Waals surface area (Å²) in [4.78, 5) is 96.3. The molecule has 10 heterocycles. The summed E-state index contributed by atoms with van der Waals surface area (Å²) >= 11 is 3.42. The van der Waals surface area contributed by atoms with E-state index in [1.807, 2.05) is 38.1 Å². The summed E-state index contributed by atoms with van der Waals surface area (Å²) in [7, 11) is 0. The molecule has 0 unspecified atom stereocenters. The molecule has 20 rings (SSSR count). The number of carbonyl (C=O) groups is 5. The molecule has 4 aliphatic heterocycles. The van der Waals surface area contributed by atoms with E-state index in [-0.39, 0.29) is 115 Å². The van der Waals surface area contributed by atoms with Gasteiger partial charge in [-0.2, -0.15) is 10.1 Å². The predicted octanol–water partition coefficient (Wildman–Crippen LogP) is 17.1. The van der Waals surface area contributed by atoms with Crippen LogP contribution in [-0.4, -0.2) is 168 Å². The van der Waals surface area contributed by atoms with E-state index in [9.17, 15) is 63.5 Å². The van der Waals surface area contributed by atoms with Gasteiger partial charge in [-0.25, -0.2) is 78.2 Å². The molecule has 5 amide bonds. The van der Waals surface area contributed by atoms with Crippen LogP contribution in [-0.2, 0) is 76.2 Å². The maximum atomic E-state index is 13.5. The molecule has 37 heteroatoms. The topological polar surface area (TPSA) is 292 Å². The molecule has 10 aromatic carbocycles. The Balaban J connectivity index is 0.000000125. The van der Waals surface area contributed by atoms with Crippen molar-refractivity contribution in [3.05, 3.63) is 334 Å². The Hall–Kier alpha value is -15.7. The number of benzene rings is 10. The average Bonchev–Trinajstić information content (AvgIpc) is 1.09. The number of aromatic nitrogens is 16. The van der Waals surface area contributed by atoms with Crippen LogP contribution >= 0.6 is 15.9 Å². The van der Waals surface area contributed by atoms with Gasteiger partial charge >= 0.3 is 0 Å². The number of nitrogens with one attached hydrogen (secondary N) is 1. The van der Waals surface area contributed by atoms with Gasteiger partial charge in [-0.15, -0.1) is 20.4 Å². The van der Waals surface area contributed by atoms with E-state index >= 15 is 0 Å². The zero-order valence-corrected chi connectivity index (χ0v) is 73.8. The number of piperazine rings is 1. The summed E-state index contributed by atoms with van der Waals surface area (Å²) in [6.07, 6.45) is 3.75. The second-order valence-corrected chi connectivity index (χ2v) is 33.4. The highest BCUT2D eigenvalue weighted by atomic mass is 79.9. The van der Waals surface area contributed by atoms with Crippen molar-refractivity contribution in [3.8, 4) is 91.1 Å². The van der Waals surface area contributed by atoms with Gasteiger partial charge in [0.1, 0.15) is 85.1 Å². The highest BCUT2D eigenvalue weighted by molar-refractivity contribution is 9.10. The Morgan fingerprint density at radius 1 is 0.385 bits per heavy atom. The third-order valence-corrected chi connectivity index (χ3v) is 23.4. The summed E-state index contributed by atoms with van der Waals surface area (Å²) in [5, 5.41) is 28.9. The summed E-state index contributed by atoms with van der Waals surface area (Å²) < 4.78 is 133. The number of piperidine rings is 1. The molecule has 0 bridgehead atoms. The first kappa shape index (κ1) is 91.2. The number of likely N-dealkylation sites (tertiary alicyclic amines) is 1. The van der Waals surface area contributed by atoms with E-state index in [2.05, 4.69) is 76.6 Å². The quantitative estimate of drug-likeness (QED) is 0.0736. The van der Waals surface area contributed by atoms with Gasteiger partial charge in [0.05, 0.1) is 18.4 Å². The number of fused-ring (bicyclic) bond motifs is 2. The van der Waals surface area contributed by atoms with Crippen molar-refractivity contribution in [1.29, 1.82) is 0 Å². The number of rotatable bonds is 19. The van der Waals surface area contributed by atoms with Crippen LogP contribution in [0.5, 0.6) is 0 Å². The first-order valence-corrected chi connectivity index (χ1v) is 43.7. The lowest BCUT2D eigenvalue weighted by Gasteiger charge is -2.34. The molecular weight excluding hydrogens is 1820 g/mol. The molecule has 6 aromatic heterocycles. The van der Waals surface area contributed by atoms with E-state index in [1.165, 1.54) is 133 Å². The van der Waals surface area contributed by atoms with E-state index < -0.39 is 11.6 Å². The molecule has 2 saturated heterocycles. The Kier molecular flexibility index (Phi) is 27.4. The smallest absolute Gasteiger partial charge is 0.246 e. The molecule has 0 saturated carbocycles. The molecule has 684 valence electrons. The summed E-state index contributed by atoms with van der Waals surface area (Å²) in [6, 6.07) is 58.3. The van der Waals surface area contributed by atoms with Gasteiger partial charge in [0, 0.05) is 118 Å². The fraction of sp³-hybridized carbons (Fsp3) is 0.204. The minimum atomic E-state index is -0.401. The van der Waals surface area contributed by atoms with Crippen molar-refractivity contribution < 1.29 is 68.0 Å². The van der Waals surface area contributed by atoms with Crippen LogP contribution in [0.3, 0.4) is 0 Å². The van der Waals surface area contributed by atoms with Crippen molar-refractivity contribution in [2.24, 2.45) is 0 Å². The van der Waals surface area contributed by atoms with E-state index in [4.69, 9.17) is 4.52 Å². The molecule has 1 N–H and O–H groups in total. The van der Waals surface area contributed by atoms with Crippen molar-refractivity contribution in [3.63, 3.8) is 0 Å². The molecule has 0 spiro atoms. The highest BCUT2D eigenvalue weighted by Gasteiger charge is 2.34. The van der Waals surface area contributed by atoms with Crippen LogP contribution in [0.1, 0.15) is 72.6 Å². The number of aromatic amines is 1. The standard InChI is InChI=1S/C26H20BrF2N5O2.C26H26F2N6O2.C25H19F3N4O.C21H16F2N6O/c27-19-2-1-3-22(14-19)33-13-12-32(15-24(33)36)23(35)16-34-26(18-6-10-21(29)11-7-18)30-25(31-34)17-4-8-20(28)9-5-17;1-16(2)23-30-26(36-32-23)19-11-13-33(14-12-19)22(35)15-34-25(18-5-9-21(28)10-6-18)29-24(31-34)17-3-7-20(27)8-4-17;26-20-6-1-16(2-7-20)24-29-25(17-3-8-21(27)9-4-17)32(30-24)15-23(33)31-12-11-18-13-22(28)10-5-19(18)14-31;22-16-5-1-13(2-6-16)20-25-21(14-3-7-17(23)8-4-14)29(27-20)12-19(30)28-10-15-9-24-26-18(15)11-28/h1-11,14H,12-13,15-16H2;3-10,16,19H,11-15H2,1-2H3;1-10,13H,11-12,14-15H2;1-9H,10-12H2,(H,24,26). The number of anilines is 1. The summed E-state index contributed by atoms with van der Waals surface area (Å²) in [5.41, 5.74) is 9.34. The molecule has 16 aromatic rings. The van der Waals surface area contributed by atoms with Gasteiger partial charge in [0.25, 0.3) is 0 Å². The van der Waals surface area contributed by atoms with Crippen LogP contribution in [0.2, 0.25) is 0 Å². The van der Waals surface area contributed by atoms with Crippen molar-refractivity contribution >= 4 is 51.2 Å². The van der Waals surface area contributed by atoms with Gasteiger partial charge in [-0.05, 0) is 255 Å². The lowest BCUT2D eigenvalue weighted by Crippen LogP contribution is -2.53. The van der Waals surface area contributed by atoms with Crippen molar-refractivity contribution in [2.45, 2.75) is 90.8 Å². The van der Waals surface area contributed by atoms with E-state index in [0.29, 0.717) is 162 Å². The molecule has 27 nitrogen and oxygen atoms in total. The zero-order chi connectivity index (χ0) is 94.1. The fourth-order valence-corrected chi connectivity index (χ4v) is 16.0. The Morgan fingerprint density at radius 3 is 1.12 bits per heavy atom. The van der Waals surface area contributed by atoms with Gasteiger partial charge in [0.2, 0.25) is 35.4 Å². The van der Waals surface area contributed by atoms with Crippen molar-refractivity contribution in [2.75, 3.05) is 44.2 Å². The third kappa shape index (κ3) is 21.9. The number of hydrogen-bond acceptors (Lipinski definition) is 17. The second-order valence-electron chi connectivity index (χ2n) is 32.5. The van der Waals surface area contributed by atoms with Crippen LogP contribution in [0, 0.1) is 52.4 Å². The molecule has 4 aliphatic rings. The molecule has 0 atom stereocenters. The number of amides is 5. The first-order chi connectivity index (χ1) is 65.3. The van der Waals surface area contributed by atoms with Crippen LogP contribution < -0.4 is 4.90 Å². The number of carbonyl (C=O) groups excluding carboxylic acids is 5. The van der Waals surface area contributed by atoms with Gasteiger partial charge < -0.3 is 29.0 Å². The second kappa shape index (κ2) is 40.6. The number of nitrogens with zero attached hydrogens (tertiary/aromatic N) is 20. The number of H-pyrrole nitrogens is 1. The number of halogens is 10. The third-order valence-electron chi connectivity index (χ3n) is 22.9. The van der Waals surface area contributed by atoms with Gasteiger partial charge in [-0.1, -0.05) is 47.1 Å². The minimum absolute atomic E-state index is 0.0242. The summed E-state index contributed by atoms with van der Waals surface area (Å²) in [6.45, 7) is 7.34. The largest absolute Gasteiger partial charge is 0.341 e. The Labute approximate surface area is 773 Å². The lowest BCUT2D eigenvalue weighted by atomic mass is 9.96. The highest BCUT2D eigenvalue weighted by Crippen LogP contribution is 2.34. The van der Waals surface area contributed by atoms with Gasteiger partial charge in [-0.3, -0.25) is 29.1 Å². The normalized spacial score (nSPS) is 13.6. The van der Waals surface area contributed by atoms with E-state index in [1.54, 1.807) is 129 Å². The van der Waals surface area contributed by atoms with Gasteiger partial charge in [0.15, 0.2) is 52.4 Å². The monoisotopic (exact) mass is 1900 g/mol. The Bertz CT molecular complexity index is 6930. The van der Waals surface area contributed by atoms with Crippen molar-refractivity contribution in [1.82, 2.24) is 99.0 Å². The molecule has 0 radical (unpaired) electrons. The molecule has 0 aliphatic carbocycles. The SMILES string of the molecule is CC(C)c1noc(C2CCN(C(=O)Cn3nc(-c4ccc(F)cc4)nc3-c3ccc(F)cc3)CC2)n1.O=C(Cn1nc(-c2ccc(F)cc2)nc1-c1ccc(F)cc1)N1CCN(c2cccc(Br)c2)C(=O)C1.O=C(Cn1nc(-c2ccc(F)cc2)nc1-c1ccc(F)cc1)N1CCc2cc(F)ccc2C1.O=C(Cn1nc(-c2ccc(F)cc2)nc1-c1ccc(F)cc1)N1Cc2cn[nH]c2C1. The number of hydrogen-bond donors (Lipinski definition) is 1. The first-order valence-electron chi connectivity index (χ1n) is 42.9. The fourth-order valence-electron chi connectivity index (χ4n) is 15.7. The summed E-state index contributed by atoms with van der Waals surface area (Å²) in [5.74, 6) is 0.467. The Morgan fingerprint density at radius 2 is 0.748 bits per heavy atom. The maximum Gasteiger partial charge on any atom is 0.246 e.